The molecule has 0 amide bonds. The Hall–Kier alpha value is -3.48. The number of aromatic nitrogens is 3. The molecule has 2 N–H and O–H groups in total. The minimum Gasteiger partial charge on any atom is -0.465 e. The number of para-hydroxylation sites is 1. The van der Waals surface area contributed by atoms with Gasteiger partial charge in [-0.15, -0.1) is 5.10 Å². The molecule has 3 rings (SSSR count). The molecule has 0 saturated carbocycles. The van der Waals surface area contributed by atoms with Gasteiger partial charge in [-0.05, 0) is 36.8 Å². The van der Waals surface area contributed by atoms with Gasteiger partial charge in [0.2, 0.25) is 5.95 Å². The zero-order valence-electron chi connectivity index (χ0n) is 13.9. The van der Waals surface area contributed by atoms with Crippen LogP contribution in [-0.4, -0.2) is 28.3 Å². The van der Waals surface area contributed by atoms with Gasteiger partial charge in [-0.2, -0.15) is 10.1 Å². The summed E-state index contributed by atoms with van der Waals surface area (Å²) in [6.45, 7) is 2.00. The molecule has 0 radical (unpaired) electrons. The SMILES string of the molecule is COC(=O)c1cccc(Nc2cnnc(Nc3ccccc3C)n2)c1. The number of hydrogen-bond acceptors (Lipinski definition) is 7. The van der Waals surface area contributed by atoms with Crippen molar-refractivity contribution in [1.29, 1.82) is 0 Å². The molecule has 0 fully saturated rings. The van der Waals surface area contributed by atoms with Crippen LogP contribution in [0.1, 0.15) is 15.9 Å². The van der Waals surface area contributed by atoms with E-state index < -0.39 is 5.97 Å². The van der Waals surface area contributed by atoms with Gasteiger partial charge < -0.3 is 15.4 Å². The van der Waals surface area contributed by atoms with Crippen LogP contribution in [0, 0.1) is 6.92 Å². The molecule has 7 nitrogen and oxygen atoms in total. The number of nitrogens with zero attached hydrogens (tertiary/aromatic N) is 3. The Kier molecular flexibility index (Phi) is 4.84. The molecule has 0 aliphatic rings. The number of anilines is 4. The van der Waals surface area contributed by atoms with Crippen molar-refractivity contribution in [2.24, 2.45) is 0 Å². The lowest BCUT2D eigenvalue weighted by molar-refractivity contribution is 0.0601. The quantitative estimate of drug-likeness (QED) is 0.690. The Morgan fingerprint density at radius 2 is 1.92 bits per heavy atom. The molecule has 2 aromatic carbocycles. The summed E-state index contributed by atoms with van der Waals surface area (Å²) < 4.78 is 4.72. The molecule has 0 atom stereocenters. The van der Waals surface area contributed by atoms with Crippen molar-refractivity contribution < 1.29 is 9.53 Å². The van der Waals surface area contributed by atoms with Crippen LogP contribution in [0.4, 0.5) is 23.1 Å². The van der Waals surface area contributed by atoms with E-state index in [1.165, 1.54) is 13.3 Å². The summed E-state index contributed by atoms with van der Waals surface area (Å²) in [5, 5.41) is 14.2. The van der Waals surface area contributed by atoms with Gasteiger partial charge in [-0.1, -0.05) is 24.3 Å². The van der Waals surface area contributed by atoms with Gasteiger partial charge in [0.15, 0.2) is 5.82 Å². The molecule has 0 bridgehead atoms. The van der Waals surface area contributed by atoms with Crippen LogP contribution in [0.3, 0.4) is 0 Å². The number of hydrogen-bond donors (Lipinski definition) is 2. The Morgan fingerprint density at radius 3 is 2.72 bits per heavy atom. The average molecular weight is 335 g/mol. The third kappa shape index (κ3) is 4.08. The number of benzene rings is 2. The van der Waals surface area contributed by atoms with Gasteiger partial charge in [0.05, 0.1) is 18.9 Å². The minimum atomic E-state index is -0.397. The third-order valence-corrected chi connectivity index (χ3v) is 3.51. The third-order valence-electron chi connectivity index (χ3n) is 3.51. The average Bonchev–Trinajstić information content (AvgIpc) is 2.63. The van der Waals surface area contributed by atoms with Crippen molar-refractivity contribution in [2.45, 2.75) is 6.92 Å². The molecule has 0 aliphatic carbocycles. The summed E-state index contributed by atoms with van der Waals surface area (Å²) in [7, 11) is 1.35. The van der Waals surface area contributed by atoms with Crippen LogP contribution >= 0.6 is 0 Å². The van der Waals surface area contributed by atoms with E-state index in [-0.39, 0.29) is 0 Å². The smallest absolute Gasteiger partial charge is 0.337 e. The first-order valence-corrected chi connectivity index (χ1v) is 7.63. The molecular weight excluding hydrogens is 318 g/mol. The predicted molar refractivity (Wildman–Crippen MR) is 95.4 cm³/mol. The summed E-state index contributed by atoms with van der Waals surface area (Å²) in [6.07, 6.45) is 1.51. The van der Waals surface area contributed by atoms with Crippen molar-refractivity contribution >= 4 is 29.1 Å². The van der Waals surface area contributed by atoms with E-state index in [4.69, 9.17) is 4.74 Å². The molecule has 7 heteroatoms. The van der Waals surface area contributed by atoms with E-state index in [1.54, 1.807) is 18.2 Å². The van der Waals surface area contributed by atoms with E-state index >= 15 is 0 Å². The topological polar surface area (TPSA) is 89.0 Å². The highest BCUT2D eigenvalue weighted by molar-refractivity contribution is 5.90. The number of carbonyl (C=O) groups excluding carboxylic acids is 1. The molecule has 0 spiro atoms. The normalized spacial score (nSPS) is 10.2. The Bertz CT molecular complexity index is 898. The fourth-order valence-corrected chi connectivity index (χ4v) is 2.24. The van der Waals surface area contributed by atoms with Gasteiger partial charge >= 0.3 is 5.97 Å². The molecule has 1 aromatic heterocycles. The fourth-order valence-electron chi connectivity index (χ4n) is 2.24. The summed E-state index contributed by atoms with van der Waals surface area (Å²) in [5.74, 6) is 0.489. The number of methoxy groups -OCH3 is 1. The summed E-state index contributed by atoms with van der Waals surface area (Å²) in [6, 6.07) is 14.8. The number of ether oxygens (including phenoxy) is 1. The van der Waals surface area contributed by atoms with Gasteiger partial charge in [0, 0.05) is 11.4 Å². The van der Waals surface area contributed by atoms with Crippen LogP contribution < -0.4 is 10.6 Å². The minimum absolute atomic E-state index is 0.378. The molecular formula is C18H17N5O2. The van der Waals surface area contributed by atoms with Gasteiger partial charge in [0.25, 0.3) is 0 Å². The fraction of sp³-hybridized carbons (Fsp3) is 0.111. The van der Waals surface area contributed by atoms with Crippen LogP contribution in [0.5, 0.6) is 0 Å². The van der Waals surface area contributed by atoms with Crippen molar-refractivity contribution in [3.63, 3.8) is 0 Å². The number of nitrogens with one attached hydrogen (secondary N) is 2. The predicted octanol–water partition coefficient (Wildman–Crippen LogP) is 3.45. The van der Waals surface area contributed by atoms with E-state index in [9.17, 15) is 4.79 Å². The van der Waals surface area contributed by atoms with E-state index in [2.05, 4.69) is 25.8 Å². The van der Waals surface area contributed by atoms with Crippen LogP contribution in [-0.2, 0) is 4.74 Å². The number of aryl methyl sites for hydroxylation is 1. The standard InChI is InChI=1S/C18H17N5O2/c1-12-6-3-4-9-15(12)21-18-22-16(11-19-23-18)20-14-8-5-7-13(10-14)17(24)25-2/h3-11H,1-2H3,(H2,20,21,22,23). The molecule has 3 aromatic rings. The maximum atomic E-state index is 11.6. The molecule has 0 aliphatic heterocycles. The van der Waals surface area contributed by atoms with Crippen molar-refractivity contribution in [2.75, 3.05) is 17.7 Å². The lowest BCUT2D eigenvalue weighted by atomic mass is 10.2. The van der Waals surface area contributed by atoms with E-state index in [0.717, 1.165) is 11.3 Å². The van der Waals surface area contributed by atoms with Gasteiger partial charge in [0.1, 0.15) is 0 Å². The second-order valence-corrected chi connectivity index (χ2v) is 5.30. The van der Waals surface area contributed by atoms with Crippen molar-refractivity contribution in [3.05, 3.63) is 65.9 Å². The first kappa shape index (κ1) is 16.4. The summed E-state index contributed by atoms with van der Waals surface area (Å²) in [5.41, 5.74) is 3.14. The molecule has 0 unspecified atom stereocenters. The monoisotopic (exact) mass is 335 g/mol. The second-order valence-electron chi connectivity index (χ2n) is 5.30. The zero-order valence-corrected chi connectivity index (χ0v) is 13.9. The Balaban J connectivity index is 1.78. The second kappa shape index (κ2) is 7.39. The van der Waals surface area contributed by atoms with Crippen LogP contribution in [0.25, 0.3) is 0 Å². The zero-order chi connectivity index (χ0) is 17.6. The number of rotatable bonds is 5. The maximum absolute atomic E-state index is 11.6. The van der Waals surface area contributed by atoms with E-state index in [0.29, 0.717) is 23.0 Å². The van der Waals surface area contributed by atoms with E-state index in [1.807, 2.05) is 37.3 Å². The van der Waals surface area contributed by atoms with Crippen molar-refractivity contribution in [1.82, 2.24) is 15.2 Å². The van der Waals surface area contributed by atoms with Crippen LogP contribution in [0.2, 0.25) is 0 Å². The highest BCUT2D eigenvalue weighted by Crippen LogP contribution is 2.20. The van der Waals surface area contributed by atoms with Gasteiger partial charge in [-0.25, -0.2) is 4.79 Å². The molecule has 126 valence electrons. The molecule has 1 heterocycles. The summed E-state index contributed by atoms with van der Waals surface area (Å²) in [4.78, 5) is 16.0. The maximum Gasteiger partial charge on any atom is 0.337 e. The van der Waals surface area contributed by atoms with Crippen LogP contribution in [0.15, 0.2) is 54.7 Å². The van der Waals surface area contributed by atoms with Gasteiger partial charge in [-0.3, -0.25) is 0 Å². The number of esters is 1. The number of carbonyl (C=O) groups is 1. The molecule has 25 heavy (non-hydrogen) atoms. The largest absolute Gasteiger partial charge is 0.465 e. The highest BCUT2D eigenvalue weighted by atomic mass is 16.5. The Labute approximate surface area is 145 Å². The molecule has 0 saturated heterocycles. The lowest BCUT2D eigenvalue weighted by Crippen LogP contribution is -2.04. The Morgan fingerprint density at radius 1 is 1.08 bits per heavy atom. The lowest BCUT2D eigenvalue weighted by Gasteiger charge is -2.09. The van der Waals surface area contributed by atoms with Crippen molar-refractivity contribution in [3.8, 4) is 0 Å². The first-order chi connectivity index (χ1) is 12.2. The summed E-state index contributed by atoms with van der Waals surface area (Å²) >= 11 is 0. The first-order valence-electron chi connectivity index (χ1n) is 7.63. The highest BCUT2D eigenvalue weighted by Gasteiger charge is 2.07.